The van der Waals surface area contributed by atoms with Gasteiger partial charge in [-0.15, -0.1) is 0 Å². The molecule has 0 amide bonds. The predicted molar refractivity (Wildman–Crippen MR) is 73.8 cm³/mol. The van der Waals surface area contributed by atoms with Gasteiger partial charge in [-0.1, -0.05) is 22.0 Å². The average Bonchev–Trinajstić information content (AvgIpc) is 2.32. The lowest BCUT2D eigenvalue weighted by atomic mass is 10.1. The Balaban J connectivity index is 2.20. The third-order valence-corrected chi connectivity index (χ3v) is 3.23. The van der Waals surface area contributed by atoms with Crippen molar-refractivity contribution in [1.29, 1.82) is 0 Å². The summed E-state index contributed by atoms with van der Waals surface area (Å²) in [5.74, 6) is 1.40. The minimum atomic E-state index is -0.505. The zero-order valence-corrected chi connectivity index (χ0v) is 11.8. The summed E-state index contributed by atoms with van der Waals surface area (Å²) >= 11 is 3.42. The summed E-state index contributed by atoms with van der Waals surface area (Å²) in [6.07, 6.45) is 1.18. The maximum absolute atomic E-state index is 9.53. The van der Waals surface area contributed by atoms with E-state index >= 15 is 0 Å². The van der Waals surface area contributed by atoms with E-state index in [9.17, 15) is 5.11 Å². The SMILES string of the molecule is Cc1ccc(Oc2ccc(C(C)O)c(Br)c2)cn1. The number of aryl methyl sites for hydroxylation is 1. The first-order chi connectivity index (χ1) is 8.56. The Morgan fingerprint density at radius 1 is 1.22 bits per heavy atom. The van der Waals surface area contributed by atoms with Gasteiger partial charge in [0.25, 0.3) is 0 Å². The summed E-state index contributed by atoms with van der Waals surface area (Å²) in [6.45, 7) is 3.66. The number of rotatable bonds is 3. The van der Waals surface area contributed by atoms with Crippen LogP contribution >= 0.6 is 15.9 Å². The van der Waals surface area contributed by atoms with E-state index in [0.29, 0.717) is 11.5 Å². The molecule has 1 unspecified atom stereocenters. The Labute approximate surface area is 115 Å². The van der Waals surface area contributed by atoms with E-state index in [1.807, 2.05) is 37.3 Å². The van der Waals surface area contributed by atoms with Crippen LogP contribution in [0.2, 0.25) is 0 Å². The Bertz CT molecular complexity index is 538. The highest BCUT2D eigenvalue weighted by atomic mass is 79.9. The minimum Gasteiger partial charge on any atom is -0.456 e. The van der Waals surface area contributed by atoms with Crippen LogP contribution in [-0.2, 0) is 0 Å². The van der Waals surface area contributed by atoms with Crippen molar-refractivity contribution in [2.24, 2.45) is 0 Å². The molecular weight excluding hydrogens is 294 g/mol. The van der Waals surface area contributed by atoms with Gasteiger partial charge in [0.15, 0.2) is 0 Å². The van der Waals surface area contributed by atoms with Crippen molar-refractivity contribution < 1.29 is 9.84 Å². The molecule has 0 aliphatic carbocycles. The highest BCUT2D eigenvalue weighted by molar-refractivity contribution is 9.10. The first kappa shape index (κ1) is 13.1. The van der Waals surface area contributed by atoms with Crippen LogP contribution in [0.4, 0.5) is 0 Å². The third-order valence-electron chi connectivity index (χ3n) is 2.54. The lowest BCUT2D eigenvalue weighted by molar-refractivity contribution is 0.198. The normalized spacial score (nSPS) is 12.2. The number of nitrogens with zero attached hydrogens (tertiary/aromatic N) is 1. The minimum absolute atomic E-state index is 0.505. The van der Waals surface area contributed by atoms with Gasteiger partial charge < -0.3 is 9.84 Å². The Morgan fingerprint density at radius 2 is 1.94 bits per heavy atom. The van der Waals surface area contributed by atoms with Crippen molar-refractivity contribution in [3.8, 4) is 11.5 Å². The molecule has 1 heterocycles. The molecule has 0 aliphatic rings. The lowest BCUT2D eigenvalue weighted by Gasteiger charge is -2.10. The first-order valence-electron chi connectivity index (χ1n) is 5.64. The number of aliphatic hydroxyl groups excluding tert-OH is 1. The van der Waals surface area contributed by atoms with Gasteiger partial charge in [0.2, 0.25) is 0 Å². The van der Waals surface area contributed by atoms with E-state index in [4.69, 9.17) is 4.74 Å². The van der Waals surface area contributed by atoms with E-state index in [2.05, 4.69) is 20.9 Å². The second-order valence-electron chi connectivity index (χ2n) is 4.10. The van der Waals surface area contributed by atoms with Crippen LogP contribution < -0.4 is 4.74 Å². The second kappa shape index (κ2) is 5.50. The Hall–Kier alpha value is -1.39. The molecule has 0 bridgehead atoms. The fourth-order valence-electron chi connectivity index (χ4n) is 1.56. The molecule has 0 aliphatic heterocycles. The van der Waals surface area contributed by atoms with Crippen LogP contribution in [0.3, 0.4) is 0 Å². The van der Waals surface area contributed by atoms with Crippen molar-refractivity contribution in [3.63, 3.8) is 0 Å². The molecule has 3 nitrogen and oxygen atoms in total. The molecule has 0 saturated heterocycles. The smallest absolute Gasteiger partial charge is 0.145 e. The number of hydrogen-bond acceptors (Lipinski definition) is 3. The molecule has 1 aromatic carbocycles. The number of benzene rings is 1. The largest absolute Gasteiger partial charge is 0.456 e. The summed E-state index contributed by atoms with van der Waals surface area (Å²) in [7, 11) is 0. The van der Waals surface area contributed by atoms with Gasteiger partial charge >= 0.3 is 0 Å². The molecule has 0 spiro atoms. The monoisotopic (exact) mass is 307 g/mol. The molecule has 4 heteroatoms. The lowest BCUT2D eigenvalue weighted by Crippen LogP contribution is -1.93. The topological polar surface area (TPSA) is 42.4 Å². The van der Waals surface area contributed by atoms with Crippen LogP contribution in [0.25, 0.3) is 0 Å². The van der Waals surface area contributed by atoms with Crippen LogP contribution in [0.5, 0.6) is 11.5 Å². The van der Waals surface area contributed by atoms with Gasteiger partial charge in [0, 0.05) is 10.2 Å². The quantitative estimate of drug-likeness (QED) is 0.932. The number of ether oxygens (including phenoxy) is 1. The standard InChI is InChI=1S/C14H14BrNO2/c1-9-3-4-12(8-16-9)18-11-5-6-13(10(2)17)14(15)7-11/h3-8,10,17H,1-2H3. The van der Waals surface area contributed by atoms with E-state index in [-0.39, 0.29) is 0 Å². The molecule has 2 rings (SSSR count). The Kier molecular flexibility index (Phi) is 3.99. The van der Waals surface area contributed by atoms with E-state index in [0.717, 1.165) is 15.7 Å². The predicted octanol–water partition coefficient (Wildman–Crippen LogP) is 4.00. The van der Waals surface area contributed by atoms with Crippen molar-refractivity contribution in [1.82, 2.24) is 4.98 Å². The van der Waals surface area contributed by atoms with Gasteiger partial charge in [0.1, 0.15) is 11.5 Å². The summed E-state index contributed by atoms with van der Waals surface area (Å²) < 4.78 is 6.50. The third kappa shape index (κ3) is 3.09. The van der Waals surface area contributed by atoms with Crippen molar-refractivity contribution in [2.45, 2.75) is 20.0 Å². The van der Waals surface area contributed by atoms with Crippen LogP contribution in [0.1, 0.15) is 24.3 Å². The fourth-order valence-corrected chi connectivity index (χ4v) is 2.25. The molecule has 0 radical (unpaired) electrons. The number of halogens is 1. The van der Waals surface area contributed by atoms with E-state index < -0.39 is 6.10 Å². The van der Waals surface area contributed by atoms with Gasteiger partial charge in [-0.25, -0.2) is 0 Å². The molecule has 1 N–H and O–H groups in total. The number of aliphatic hydroxyl groups is 1. The first-order valence-corrected chi connectivity index (χ1v) is 6.43. The van der Waals surface area contributed by atoms with Crippen LogP contribution in [-0.4, -0.2) is 10.1 Å². The van der Waals surface area contributed by atoms with Gasteiger partial charge in [-0.2, -0.15) is 0 Å². The zero-order valence-electron chi connectivity index (χ0n) is 10.2. The van der Waals surface area contributed by atoms with Gasteiger partial charge in [0.05, 0.1) is 12.3 Å². The summed E-state index contributed by atoms with van der Waals surface area (Å²) in [4.78, 5) is 4.17. The molecule has 1 aromatic heterocycles. The summed E-state index contributed by atoms with van der Waals surface area (Å²) in [6, 6.07) is 9.27. The van der Waals surface area contributed by atoms with Gasteiger partial charge in [-0.05, 0) is 43.7 Å². The van der Waals surface area contributed by atoms with E-state index in [1.165, 1.54) is 0 Å². The summed E-state index contributed by atoms with van der Waals surface area (Å²) in [5, 5.41) is 9.53. The molecule has 2 aromatic rings. The number of aromatic nitrogens is 1. The summed E-state index contributed by atoms with van der Waals surface area (Å²) in [5.41, 5.74) is 1.79. The average molecular weight is 308 g/mol. The van der Waals surface area contributed by atoms with Crippen LogP contribution in [0, 0.1) is 6.92 Å². The highest BCUT2D eigenvalue weighted by Crippen LogP contribution is 2.29. The molecular formula is C14H14BrNO2. The van der Waals surface area contributed by atoms with Crippen LogP contribution in [0.15, 0.2) is 41.0 Å². The second-order valence-corrected chi connectivity index (χ2v) is 4.95. The zero-order chi connectivity index (χ0) is 13.1. The molecule has 18 heavy (non-hydrogen) atoms. The van der Waals surface area contributed by atoms with Gasteiger partial charge in [-0.3, -0.25) is 4.98 Å². The van der Waals surface area contributed by atoms with Crippen molar-refractivity contribution in [2.75, 3.05) is 0 Å². The van der Waals surface area contributed by atoms with E-state index in [1.54, 1.807) is 13.1 Å². The molecule has 1 atom stereocenters. The maximum Gasteiger partial charge on any atom is 0.145 e. The fraction of sp³-hybridized carbons (Fsp3) is 0.214. The van der Waals surface area contributed by atoms with Crippen molar-refractivity contribution in [3.05, 3.63) is 52.3 Å². The Morgan fingerprint density at radius 3 is 2.50 bits per heavy atom. The highest BCUT2D eigenvalue weighted by Gasteiger charge is 2.07. The molecule has 0 saturated carbocycles. The molecule has 94 valence electrons. The number of hydrogen-bond donors (Lipinski definition) is 1. The molecule has 0 fully saturated rings. The number of pyridine rings is 1. The van der Waals surface area contributed by atoms with Crippen molar-refractivity contribution >= 4 is 15.9 Å². The maximum atomic E-state index is 9.53.